The Kier molecular flexibility index (Phi) is 6.40. The van der Waals surface area contributed by atoms with Crippen molar-refractivity contribution in [2.24, 2.45) is 0 Å². The molecule has 138 valence electrons. The summed E-state index contributed by atoms with van der Waals surface area (Å²) in [5, 5.41) is 26.8. The average Bonchev–Trinajstić information content (AvgIpc) is 3.17. The molecule has 3 rings (SSSR count). The van der Waals surface area contributed by atoms with Crippen LogP contribution in [0.5, 0.6) is 0 Å². The number of aromatic nitrogens is 3. The highest BCUT2D eigenvalue weighted by molar-refractivity contribution is 7.99. The third-order valence-corrected chi connectivity index (χ3v) is 4.79. The van der Waals surface area contributed by atoms with Gasteiger partial charge in [0, 0.05) is 11.3 Å². The van der Waals surface area contributed by atoms with Crippen LogP contribution in [0.3, 0.4) is 0 Å². The average molecular weight is 388 g/mol. The Bertz CT molecular complexity index is 1000. The molecule has 0 N–H and O–H groups in total. The van der Waals surface area contributed by atoms with Crippen LogP contribution in [0.1, 0.15) is 0 Å². The van der Waals surface area contributed by atoms with E-state index in [4.69, 9.17) is 10.5 Å². The normalized spacial score (nSPS) is 10.1. The van der Waals surface area contributed by atoms with Crippen LogP contribution in [0.15, 0.2) is 65.8 Å². The second-order valence-corrected chi connectivity index (χ2v) is 6.64. The van der Waals surface area contributed by atoms with Crippen molar-refractivity contribution in [3.63, 3.8) is 0 Å². The highest BCUT2D eigenvalue weighted by atomic mass is 32.2. The Morgan fingerprint density at radius 1 is 0.964 bits per heavy atom. The van der Waals surface area contributed by atoms with Gasteiger partial charge in [0.15, 0.2) is 11.0 Å². The van der Waals surface area contributed by atoms with Crippen molar-refractivity contribution in [3.05, 3.63) is 60.7 Å². The first kappa shape index (κ1) is 19.2. The zero-order chi connectivity index (χ0) is 19.8. The van der Waals surface area contributed by atoms with Crippen molar-refractivity contribution in [2.45, 2.75) is 5.16 Å². The molecule has 0 radical (unpaired) electrons. The summed E-state index contributed by atoms with van der Waals surface area (Å²) in [6.45, 7) is -0.235. The van der Waals surface area contributed by atoms with Crippen molar-refractivity contribution in [2.75, 3.05) is 18.8 Å². The Morgan fingerprint density at radius 2 is 1.57 bits per heavy atom. The van der Waals surface area contributed by atoms with Crippen LogP contribution in [0.2, 0.25) is 0 Å². The van der Waals surface area contributed by atoms with Crippen molar-refractivity contribution in [1.29, 1.82) is 10.5 Å². The molecule has 1 amide bonds. The minimum Gasteiger partial charge on any atom is -0.315 e. The topological polar surface area (TPSA) is 98.6 Å². The molecule has 8 heteroatoms. The first-order valence-electron chi connectivity index (χ1n) is 8.45. The van der Waals surface area contributed by atoms with E-state index in [0.29, 0.717) is 11.0 Å². The minimum absolute atomic E-state index is 0.0586. The van der Waals surface area contributed by atoms with Gasteiger partial charge in [0.25, 0.3) is 0 Å². The SMILES string of the molecule is N#CCN(CC#N)C(=O)CSc1nnc(-c2ccccc2)n1-c1ccccc1. The molecule has 0 atom stereocenters. The highest BCUT2D eigenvalue weighted by Crippen LogP contribution is 2.27. The van der Waals surface area contributed by atoms with Gasteiger partial charge in [0.2, 0.25) is 5.91 Å². The summed E-state index contributed by atoms with van der Waals surface area (Å²) in [4.78, 5) is 13.6. The molecule has 28 heavy (non-hydrogen) atoms. The second kappa shape index (κ2) is 9.36. The summed E-state index contributed by atoms with van der Waals surface area (Å²) in [6, 6.07) is 23.2. The van der Waals surface area contributed by atoms with E-state index in [1.54, 1.807) is 0 Å². The van der Waals surface area contributed by atoms with E-state index in [-0.39, 0.29) is 24.7 Å². The van der Waals surface area contributed by atoms with Gasteiger partial charge in [-0.2, -0.15) is 10.5 Å². The minimum atomic E-state index is -0.294. The van der Waals surface area contributed by atoms with Gasteiger partial charge in [0.05, 0.1) is 17.9 Å². The van der Waals surface area contributed by atoms with Crippen molar-refractivity contribution in [1.82, 2.24) is 19.7 Å². The smallest absolute Gasteiger partial charge is 0.234 e. The van der Waals surface area contributed by atoms with E-state index >= 15 is 0 Å². The molecule has 0 spiro atoms. The van der Waals surface area contributed by atoms with E-state index in [1.807, 2.05) is 77.4 Å². The number of benzene rings is 2. The van der Waals surface area contributed by atoms with E-state index in [0.717, 1.165) is 11.3 Å². The van der Waals surface area contributed by atoms with Gasteiger partial charge >= 0.3 is 0 Å². The second-order valence-electron chi connectivity index (χ2n) is 5.70. The molecule has 1 heterocycles. The fourth-order valence-corrected chi connectivity index (χ4v) is 3.42. The van der Waals surface area contributed by atoms with Crippen LogP contribution in [0.25, 0.3) is 17.1 Å². The van der Waals surface area contributed by atoms with E-state index < -0.39 is 0 Å². The Hall–Kier alpha value is -3.62. The maximum atomic E-state index is 12.4. The third-order valence-electron chi connectivity index (χ3n) is 3.88. The van der Waals surface area contributed by atoms with Crippen molar-refractivity contribution in [3.8, 4) is 29.2 Å². The zero-order valence-corrected chi connectivity index (χ0v) is 15.7. The molecule has 3 aromatic rings. The number of carbonyl (C=O) groups excluding carboxylic acids is 1. The molecule has 0 saturated heterocycles. The van der Waals surface area contributed by atoms with Gasteiger partial charge in [0.1, 0.15) is 13.1 Å². The molecule has 0 saturated carbocycles. The molecule has 0 aliphatic heterocycles. The number of carbonyl (C=O) groups is 1. The summed E-state index contributed by atoms with van der Waals surface area (Å²) in [7, 11) is 0. The molecular weight excluding hydrogens is 372 g/mol. The van der Waals surface area contributed by atoms with E-state index in [9.17, 15) is 4.79 Å². The molecule has 0 aliphatic rings. The van der Waals surface area contributed by atoms with Crippen LogP contribution in [0, 0.1) is 22.7 Å². The monoisotopic (exact) mass is 388 g/mol. The largest absolute Gasteiger partial charge is 0.315 e. The van der Waals surface area contributed by atoms with Gasteiger partial charge in [-0.15, -0.1) is 10.2 Å². The summed E-state index contributed by atoms with van der Waals surface area (Å²) in [5.41, 5.74) is 1.79. The van der Waals surface area contributed by atoms with Gasteiger partial charge in [-0.3, -0.25) is 9.36 Å². The standard InChI is InChI=1S/C20H16N6OS/c21-11-13-25(14-12-22)18(27)15-28-20-24-23-19(16-7-3-1-4-8-16)26(20)17-9-5-2-6-10-17/h1-10H,13-15H2. The molecule has 0 aliphatic carbocycles. The number of hydrogen-bond donors (Lipinski definition) is 0. The number of para-hydroxylation sites is 1. The fraction of sp³-hybridized carbons (Fsp3) is 0.150. The first-order chi connectivity index (χ1) is 13.7. The van der Waals surface area contributed by atoms with Gasteiger partial charge in [-0.25, -0.2) is 0 Å². The van der Waals surface area contributed by atoms with Crippen LogP contribution < -0.4 is 0 Å². The maximum absolute atomic E-state index is 12.4. The third kappa shape index (κ3) is 4.37. The Morgan fingerprint density at radius 3 is 2.18 bits per heavy atom. The maximum Gasteiger partial charge on any atom is 0.234 e. The Balaban J connectivity index is 1.90. The van der Waals surface area contributed by atoms with Crippen LogP contribution >= 0.6 is 11.8 Å². The molecule has 2 aromatic carbocycles. The van der Waals surface area contributed by atoms with E-state index in [2.05, 4.69) is 10.2 Å². The lowest BCUT2D eigenvalue weighted by Crippen LogP contribution is -2.33. The number of hydrogen-bond acceptors (Lipinski definition) is 6. The molecule has 0 fully saturated rings. The number of thioether (sulfide) groups is 1. The van der Waals surface area contributed by atoms with Gasteiger partial charge in [-0.05, 0) is 12.1 Å². The summed E-state index contributed by atoms with van der Waals surface area (Å²) in [5.74, 6) is 0.438. The quantitative estimate of drug-likeness (QED) is 0.456. The Labute approximate surface area is 166 Å². The molecule has 7 nitrogen and oxygen atoms in total. The molecule has 1 aromatic heterocycles. The molecule has 0 unspecified atom stereocenters. The lowest BCUT2D eigenvalue weighted by molar-refractivity contribution is -0.127. The lowest BCUT2D eigenvalue weighted by Gasteiger charge is -2.15. The summed E-state index contributed by atoms with van der Waals surface area (Å²) in [6.07, 6.45) is 0. The highest BCUT2D eigenvalue weighted by Gasteiger charge is 2.19. The van der Waals surface area contributed by atoms with Gasteiger partial charge < -0.3 is 4.90 Å². The van der Waals surface area contributed by atoms with Crippen LogP contribution in [-0.2, 0) is 4.79 Å². The predicted molar refractivity (Wildman–Crippen MR) is 105 cm³/mol. The zero-order valence-electron chi connectivity index (χ0n) is 14.9. The number of nitrogens with zero attached hydrogens (tertiary/aromatic N) is 6. The van der Waals surface area contributed by atoms with Crippen molar-refractivity contribution >= 4 is 17.7 Å². The van der Waals surface area contributed by atoms with Crippen molar-refractivity contribution < 1.29 is 4.79 Å². The molecular formula is C20H16N6OS. The number of rotatable bonds is 7. The first-order valence-corrected chi connectivity index (χ1v) is 9.44. The van der Waals surface area contributed by atoms with Crippen LogP contribution in [0.4, 0.5) is 0 Å². The van der Waals surface area contributed by atoms with Gasteiger partial charge in [-0.1, -0.05) is 60.3 Å². The lowest BCUT2D eigenvalue weighted by atomic mass is 10.2. The number of amides is 1. The number of nitriles is 2. The molecule has 0 bridgehead atoms. The summed E-state index contributed by atoms with van der Waals surface area (Å²) < 4.78 is 1.90. The van der Waals surface area contributed by atoms with E-state index in [1.165, 1.54) is 16.7 Å². The van der Waals surface area contributed by atoms with Crippen LogP contribution in [-0.4, -0.2) is 44.4 Å². The fourth-order valence-electron chi connectivity index (χ4n) is 2.57. The summed E-state index contributed by atoms with van der Waals surface area (Å²) >= 11 is 1.22. The predicted octanol–water partition coefficient (Wildman–Crippen LogP) is 2.90.